The summed E-state index contributed by atoms with van der Waals surface area (Å²) in [6.07, 6.45) is 0. The molecular formula is C38H43N4PS. The van der Waals surface area contributed by atoms with Crippen molar-refractivity contribution in [1.29, 1.82) is 0 Å². The second kappa shape index (κ2) is 13.2. The highest BCUT2D eigenvalue weighted by atomic mass is 32.2. The quantitative estimate of drug-likeness (QED) is 0.140. The van der Waals surface area contributed by atoms with Crippen molar-refractivity contribution >= 4 is 54.0 Å². The second-order valence-corrected chi connectivity index (χ2v) is 17.5. The van der Waals surface area contributed by atoms with E-state index in [1.165, 1.54) is 42.8 Å². The van der Waals surface area contributed by atoms with Gasteiger partial charge in [0.15, 0.2) is 0 Å². The topological polar surface area (TPSA) is 22.1 Å². The van der Waals surface area contributed by atoms with E-state index in [0.29, 0.717) is 0 Å². The summed E-state index contributed by atoms with van der Waals surface area (Å²) in [5.41, 5.74) is 3.51. The molecule has 0 spiro atoms. The molecule has 0 bridgehead atoms. The van der Waals surface area contributed by atoms with Crippen molar-refractivity contribution in [2.24, 2.45) is 4.36 Å². The van der Waals surface area contributed by atoms with Crippen LogP contribution in [0.15, 0.2) is 148 Å². The minimum Gasteiger partial charge on any atom is -0.378 e. The maximum atomic E-state index is 5.33. The number of rotatable bonds is 8. The largest absolute Gasteiger partial charge is 0.378 e. The fourth-order valence-electron chi connectivity index (χ4n) is 5.45. The van der Waals surface area contributed by atoms with Gasteiger partial charge in [-0.2, -0.15) is 0 Å². The Morgan fingerprint density at radius 3 is 1.00 bits per heavy atom. The Balaban J connectivity index is 2.11. The van der Waals surface area contributed by atoms with Gasteiger partial charge in [0.05, 0.1) is 0 Å². The smallest absolute Gasteiger partial charge is 0.0361 e. The molecule has 0 saturated heterocycles. The summed E-state index contributed by atoms with van der Waals surface area (Å²) in [7, 11) is 12.4. The van der Waals surface area contributed by atoms with Crippen LogP contribution in [0.5, 0.6) is 0 Å². The van der Waals surface area contributed by atoms with E-state index in [1.807, 2.05) is 7.05 Å². The average Bonchev–Trinajstić information content (AvgIpc) is 3.07. The van der Waals surface area contributed by atoms with Gasteiger partial charge < -0.3 is 14.7 Å². The zero-order chi connectivity index (χ0) is 31.3. The Labute approximate surface area is 264 Å². The van der Waals surface area contributed by atoms with Gasteiger partial charge in [-0.05, 0) is 86.0 Å². The Bertz CT molecular complexity index is 1700. The van der Waals surface area contributed by atoms with Gasteiger partial charge in [-0.25, -0.2) is 0 Å². The molecule has 0 aromatic heterocycles. The highest BCUT2D eigenvalue weighted by Gasteiger charge is 2.28. The van der Waals surface area contributed by atoms with E-state index < -0.39 is 16.3 Å². The van der Waals surface area contributed by atoms with Gasteiger partial charge in [-0.15, -0.1) is 0 Å². The van der Waals surface area contributed by atoms with Crippen molar-refractivity contribution in [1.82, 2.24) is 0 Å². The lowest BCUT2D eigenvalue weighted by Gasteiger charge is -2.29. The van der Waals surface area contributed by atoms with Crippen LogP contribution in [-0.4, -0.2) is 54.1 Å². The molecule has 0 N–H and O–H groups in total. The minimum absolute atomic E-state index is 1.17. The van der Waals surface area contributed by atoms with Crippen molar-refractivity contribution < 1.29 is 0 Å². The van der Waals surface area contributed by atoms with Crippen LogP contribution in [-0.2, 0) is 9.41 Å². The van der Waals surface area contributed by atoms with Crippen molar-refractivity contribution in [2.75, 3.05) is 64.0 Å². The molecule has 0 radical (unpaired) electrons. The summed E-state index contributed by atoms with van der Waals surface area (Å²) < 4.78 is 9.78. The fourth-order valence-corrected chi connectivity index (χ4v) is 14.0. The molecule has 0 heterocycles. The van der Waals surface area contributed by atoms with Gasteiger partial charge in [0.1, 0.15) is 0 Å². The van der Waals surface area contributed by atoms with Crippen molar-refractivity contribution in [3.63, 3.8) is 0 Å². The van der Waals surface area contributed by atoms with Gasteiger partial charge in [0, 0.05) is 83.1 Å². The first kappa shape index (κ1) is 31.3. The third-order valence-electron chi connectivity index (χ3n) is 7.97. The molecule has 0 aliphatic heterocycles. The summed E-state index contributed by atoms with van der Waals surface area (Å²) in [6, 6.07) is 48.8. The van der Waals surface area contributed by atoms with Gasteiger partial charge in [0.2, 0.25) is 0 Å². The van der Waals surface area contributed by atoms with Crippen LogP contribution < -0.4 is 30.6 Å². The molecule has 0 amide bonds. The number of anilines is 3. The molecular weight excluding hydrogens is 575 g/mol. The number of hydrogen-bond acceptors (Lipinski definition) is 4. The lowest BCUT2D eigenvalue weighted by molar-refractivity contribution is 1.13. The normalized spacial score (nSPS) is 11.4. The zero-order valence-electron chi connectivity index (χ0n) is 26.8. The van der Waals surface area contributed by atoms with Gasteiger partial charge in [-0.3, -0.25) is 4.36 Å². The van der Waals surface area contributed by atoms with Crippen molar-refractivity contribution in [3.05, 3.63) is 133 Å². The molecule has 5 aromatic carbocycles. The lowest BCUT2D eigenvalue weighted by Crippen LogP contribution is -2.28. The summed E-state index contributed by atoms with van der Waals surface area (Å²) in [4.78, 5) is 8.82. The molecule has 0 aliphatic carbocycles. The van der Waals surface area contributed by atoms with E-state index in [2.05, 4.69) is 195 Å². The van der Waals surface area contributed by atoms with Gasteiger partial charge >= 0.3 is 0 Å². The molecule has 0 unspecified atom stereocenters. The standard InChI is InChI=1S/C38H43N4PS/c1-39-44(37-14-10-8-11-15-37,38-16-12-9-13-17-38)30-43(34-24-18-31(19-25-34)40(2)3,35-26-20-32(21-27-35)41(4)5)36-28-22-33(23-29-36)42(6)7/h8-29H,1-7H3. The summed E-state index contributed by atoms with van der Waals surface area (Å²) in [5, 5.41) is 3.77. The van der Waals surface area contributed by atoms with Crippen LogP contribution in [0.3, 0.4) is 0 Å². The molecule has 5 rings (SSSR count). The predicted molar refractivity (Wildman–Crippen MR) is 198 cm³/mol. The molecule has 226 valence electrons. The zero-order valence-corrected chi connectivity index (χ0v) is 28.6. The van der Waals surface area contributed by atoms with Crippen molar-refractivity contribution in [3.8, 4) is 0 Å². The maximum absolute atomic E-state index is 5.33. The molecule has 0 aliphatic rings. The Morgan fingerprint density at radius 1 is 0.455 bits per heavy atom. The summed E-state index contributed by atoms with van der Waals surface area (Å²) in [5.74, 6) is 0. The third kappa shape index (κ3) is 5.97. The summed E-state index contributed by atoms with van der Waals surface area (Å²) in [6.45, 7) is -2.53. The minimum atomic E-state index is -2.53. The first-order chi connectivity index (χ1) is 21.2. The van der Waals surface area contributed by atoms with E-state index in [4.69, 9.17) is 4.36 Å². The van der Waals surface area contributed by atoms with Crippen LogP contribution in [0.25, 0.3) is 0 Å². The fraction of sp³-hybridized carbons (Fsp3) is 0.184. The average molecular weight is 619 g/mol. The Hall–Kier alpha value is -4.14. The SMILES string of the molecule is CN=S(=C=P(c1ccc(N(C)C)cc1)(c1ccc(N(C)C)cc1)c1ccc(N(C)C)cc1)(c1ccccc1)c1ccccc1. The number of nitrogens with zero attached hydrogens (tertiary/aromatic N) is 4. The third-order valence-corrected chi connectivity index (χ3v) is 15.8. The van der Waals surface area contributed by atoms with Crippen molar-refractivity contribution in [2.45, 2.75) is 9.79 Å². The van der Waals surface area contributed by atoms with E-state index in [0.717, 1.165) is 0 Å². The van der Waals surface area contributed by atoms with E-state index in [9.17, 15) is 0 Å². The molecule has 0 atom stereocenters. The Morgan fingerprint density at radius 2 is 0.750 bits per heavy atom. The molecule has 4 nitrogen and oxygen atoms in total. The molecule has 5 aromatic rings. The van der Waals surface area contributed by atoms with E-state index in [1.54, 1.807) is 0 Å². The van der Waals surface area contributed by atoms with Crippen LogP contribution in [0, 0.1) is 0 Å². The molecule has 0 saturated carbocycles. The van der Waals surface area contributed by atoms with Crippen LogP contribution in [0.4, 0.5) is 17.1 Å². The number of hydrogen-bond donors (Lipinski definition) is 0. The van der Waals surface area contributed by atoms with Crippen LogP contribution in [0.1, 0.15) is 0 Å². The first-order valence-electron chi connectivity index (χ1n) is 14.8. The highest BCUT2D eigenvalue weighted by molar-refractivity contribution is 8.12. The molecule has 0 fully saturated rings. The maximum Gasteiger partial charge on any atom is 0.0361 e. The molecule has 6 heteroatoms. The van der Waals surface area contributed by atoms with Gasteiger partial charge in [-0.1, -0.05) is 77.5 Å². The first-order valence-corrected chi connectivity index (χ1v) is 18.2. The Kier molecular flexibility index (Phi) is 9.42. The lowest BCUT2D eigenvalue weighted by atomic mass is 10.3. The van der Waals surface area contributed by atoms with Crippen LogP contribution >= 0.6 is 6.89 Å². The second-order valence-electron chi connectivity index (χ2n) is 11.4. The van der Waals surface area contributed by atoms with Crippen LogP contribution in [0.2, 0.25) is 0 Å². The summed E-state index contributed by atoms with van der Waals surface area (Å²) >= 11 is 0. The van der Waals surface area contributed by atoms with Gasteiger partial charge in [0.25, 0.3) is 0 Å². The van der Waals surface area contributed by atoms with E-state index >= 15 is 0 Å². The predicted octanol–water partition coefficient (Wildman–Crippen LogP) is 6.90. The monoisotopic (exact) mass is 618 g/mol. The molecule has 44 heavy (non-hydrogen) atoms. The van der Waals surface area contributed by atoms with E-state index in [-0.39, 0.29) is 0 Å². The highest BCUT2D eigenvalue weighted by Crippen LogP contribution is 2.45. The number of benzene rings is 5.